The van der Waals surface area contributed by atoms with Gasteiger partial charge in [0.05, 0.1) is 11.4 Å². The fourth-order valence-electron chi connectivity index (χ4n) is 3.00. The lowest BCUT2D eigenvalue weighted by atomic mass is 10.2. The minimum absolute atomic E-state index is 0.0580. The third-order valence-electron chi connectivity index (χ3n) is 4.31. The van der Waals surface area contributed by atoms with Gasteiger partial charge >= 0.3 is 0 Å². The third-order valence-corrected chi connectivity index (χ3v) is 6.18. The van der Waals surface area contributed by atoms with Crippen molar-refractivity contribution in [2.75, 3.05) is 11.9 Å². The summed E-state index contributed by atoms with van der Waals surface area (Å²) < 4.78 is 0.807. The average Bonchev–Trinajstić information content (AvgIpc) is 2.92. The Bertz CT molecular complexity index is 945. The van der Waals surface area contributed by atoms with Crippen molar-refractivity contribution in [3.8, 4) is 0 Å². The van der Waals surface area contributed by atoms with Gasteiger partial charge in [-0.3, -0.25) is 14.5 Å². The fraction of sp³-hybridized carbons (Fsp3) is 0.318. The number of para-hydroxylation sites is 1. The van der Waals surface area contributed by atoms with Gasteiger partial charge in [-0.15, -0.1) is 0 Å². The number of amidine groups is 1. The van der Waals surface area contributed by atoms with Crippen LogP contribution in [0.1, 0.15) is 25.8 Å². The van der Waals surface area contributed by atoms with Gasteiger partial charge in [-0.25, -0.2) is 4.99 Å². The standard InChI is InChI=1S/C22H24BrN3O2S/c1-14(2)13-26-21(28)19(12-20(27)25-18-10-5-4-9-17(18)23)29-22(26)24-16-8-6-7-15(3)11-16/h4-11,14,19H,12-13H2,1-3H3,(H,25,27). The predicted molar refractivity (Wildman–Crippen MR) is 124 cm³/mol. The molecule has 1 heterocycles. The van der Waals surface area contributed by atoms with Crippen LogP contribution in [0.2, 0.25) is 0 Å². The summed E-state index contributed by atoms with van der Waals surface area (Å²) in [6, 6.07) is 15.3. The lowest BCUT2D eigenvalue weighted by Gasteiger charge is -2.18. The Labute approximate surface area is 184 Å². The zero-order valence-corrected chi connectivity index (χ0v) is 19.1. The molecule has 152 valence electrons. The van der Waals surface area contributed by atoms with E-state index in [4.69, 9.17) is 4.99 Å². The monoisotopic (exact) mass is 473 g/mol. The highest BCUT2D eigenvalue weighted by molar-refractivity contribution is 9.10. The molecule has 1 unspecified atom stereocenters. The number of anilines is 1. The second-order valence-electron chi connectivity index (χ2n) is 7.41. The van der Waals surface area contributed by atoms with E-state index in [1.807, 2.05) is 55.5 Å². The van der Waals surface area contributed by atoms with Crippen molar-refractivity contribution in [2.24, 2.45) is 10.9 Å². The number of rotatable bonds is 6. The maximum Gasteiger partial charge on any atom is 0.242 e. The van der Waals surface area contributed by atoms with Crippen molar-refractivity contribution in [2.45, 2.75) is 32.4 Å². The summed E-state index contributed by atoms with van der Waals surface area (Å²) in [6.07, 6.45) is 0.103. The second kappa shape index (κ2) is 9.59. The van der Waals surface area contributed by atoms with Crippen LogP contribution in [0.5, 0.6) is 0 Å². The van der Waals surface area contributed by atoms with Crippen LogP contribution in [0.15, 0.2) is 58.0 Å². The van der Waals surface area contributed by atoms with Crippen molar-refractivity contribution in [1.29, 1.82) is 0 Å². The van der Waals surface area contributed by atoms with Gasteiger partial charge in [0.2, 0.25) is 11.8 Å². The first-order valence-corrected chi connectivity index (χ1v) is 11.2. The highest BCUT2D eigenvalue weighted by atomic mass is 79.9. The van der Waals surface area contributed by atoms with Gasteiger partial charge in [-0.05, 0) is 58.6 Å². The minimum atomic E-state index is -0.472. The Morgan fingerprint density at radius 1 is 1.24 bits per heavy atom. The number of hydrogen-bond acceptors (Lipinski definition) is 4. The minimum Gasteiger partial charge on any atom is -0.325 e. The van der Waals surface area contributed by atoms with Crippen LogP contribution in [0.25, 0.3) is 0 Å². The Kier molecular flexibility index (Phi) is 7.14. The summed E-state index contributed by atoms with van der Waals surface area (Å²) in [5, 5.41) is 3.06. The maximum atomic E-state index is 13.0. The largest absolute Gasteiger partial charge is 0.325 e. The quantitative estimate of drug-likeness (QED) is 0.612. The molecule has 0 aliphatic carbocycles. The van der Waals surface area contributed by atoms with E-state index in [0.717, 1.165) is 15.7 Å². The molecule has 2 aromatic rings. The van der Waals surface area contributed by atoms with Crippen LogP contribution < -0.4 is 5.32 Å². The molecule has 1 atom stereocenters. The summed E-state index contributed by atoms with van der Waals surface area (Å²) >= 11 is 4.79. The molecule has 1 N–H and O–H groups in total. The Hall–Kier alpha value is -2.12. The average molecular weight is 474 g/mol. The number of halogens is 1. The molecular formula is C22H24BrN3O2S. The molecule has 2 aromatic carbocycles. The first-order valence-electron chi connectivity index (χ1n) is 9.51. The topological polar surface area (TPSA) is 61.8 Å². The summed E-state index contributed by atoms with van der Waals surface area (Å²) in [5.41, 5.74) is 2.62. The van der Waals surface area contributed by atoms with Gasteiger partial charge in [0.15, 0.2) is 5.17 Å². The molecule has 7 heteroatoms. The number of benzene rings is 2. The zero-order chi connectivity index (χ0) is 21.0. The number of nitrogens with zero attached hydrogens (tertiary/aromatic N) is 2. The smallest absolute Gasteiger partial charge is 0.242 e. The molecule has 0 spiro atoms. The van der Waals surface area contributed by atoms with Crippen LogP contribution in [0, 0.1) is 12.8 Å². The molecule has 0 aromatic heterocycles. The Morgan fingerprint density at radius 3 is 2.69 bits per heavy atom. The SMILES string of the molecule is Cc1cccc(N=C2SC(CC(=O)Nc3ccccc3Br)C(=O)N2CC(C)C)c1. The van der Waals surface area contributed by atoms with E-state index in [1.54, 1.807) is 4.90 Å². The molecule has 3 rings (SSSR count). The molecular weight excluding hydrogens is 450 g/mol. The number of thioether (sulfide) groups is 1. The van der Waals surface area contributed by atoms with E-state index >= 15 is 0 Å². The second-order valence-corrected chi connectivity index (χ2v) is 9.44. The predicted octanol–water partition coefficient (Wildman–Crippen LogP) is 5.37. The van der Waals surface area contributed by atoms with Gasteiger partial charge in [0.25, 0.3) is 0 Å². The number of aryl methyl sites for hydroxylation is 1. The lowest BCUT2D eigenvalue weighted by molar-refractivity contribution is -0.128. The lowest BCUT2D eigenvalue weighted by Crippen LogP contribution is -2.36. The van der Waals surface area contributed by atoms with E-state index in [1.165, 1.54) is 11.8 Å². The maximum absolute atomic E-state index is 13.0. The Balaban J connectivity index is 1.77. The third kappa shape index (κ3) is 5.70. The normalized spacial score (nSPS) is 18.0. The van der Waals surface area contributed by atoms with Crippen LogP contribution >= 0.6 is 27.7 Å². The van der Waals surface area contributed by atoms with E-state index in [9.17, 15) is 9.59 Å². The van der Waals surface area contributed by atoms with Gasteiger partial charge < -0.3 is 5.32 Å². The van der Waals surface area contributed by atoms with Gasteiger partial charge in [0.1, 0.15) is 5.25 Å². The molecule has 5 nitrogen and oxygen atoms in total. The van der Waals surface area contributed by atoms with Gasteiger partial charge in [0, 0.05) is 17.4 Å². The van der Waals surface area contributed by atoms with Gasteiger partial charge in [-0.2, -0.15) is 0 Å². The summed E-state index contributed by atoms with van der Waals surface area (Å²) in [4.78, 5) is 32.0. The highest BCUT2D eigenvalue weighted by Gasteiger charge is 2.39. The number of carbonyl (C=O) groups is 2. The van der Waals surface area contributed by atoms with Crippen LogP contribution in [-0.2, 0) is 9.59 Å². The molecule has 0 radical (unpaired) electrons. The van der Waals surface area contributed by atoms with E-state index in [2.05, 4.69) is 35.1 Å². The molecule has 1 saturated heterocycles. The van der Waals surface area contributed by atoms with Gasteiger partial charge in [-0.1, -0.05) is 49.9 Å². The van der Waals surface area contributed by atoms with Crippen molar-refractivity contribution < 1.29 is 9.59 Å². The first kappa shape index (κ1) is 21.6. The van der Waals surface area contributed by atoms with Crippen LogP contribution in [0.4, 0.5) is 11.4 Å². The molecule has 29 heavy (non-hydrogen) atoms. The van der Waals surface area contributed by atoms with Crippen molar-refractivity contribution >= 4 is 56.0 Å². The molecule has 1 aliphatic rings. The summed E-state index contributed by atoms with van der Waals surface area (Å²) in [6.45, 7) is 6.72. The first-order chi connectivity index (χ1) is 13.8. The summed E-state index contributed by atoms with van der Waals surface area (Å²) in [5.74, 6) is 0.0524. The van der Waals surface area contributed by atoms with Crippen LogP contribution in [0.3, 0.4) is 0 Å². The molecule has 0 saturated carbocycles. The van der Waals surface area contributed by atoms with E-state index in [0.29, 0.717) is 23.3 Å². The number of nitrogens with one attached hydrogen (secondary N) is 1. The highest BCUT2D eigenvalue weighted by Crippen LogP contribution is 2.33. The fourth-order valence-corrected chi connectivity index (χ4v) is 4.55. The van der Waals surface area contributed by atoms with Crippen molar-refractivity contribution in [1.82, 2.24) is 4.90 Å². The Morgan fingerprint density at radius 2 is 2.00 bits per heavy atom. The number of carbonyl (C=O) groups excluding carboxylic acids is 2. The molecule has 1 aliphatic heterocycles. The van der Waals surface area contributed by atoms with E-state index < -0.39 is 5.25 Å². The van der Waals surface area contributed by atoms with Crippen molar-refractivity contribution in [3.05, 3.63) is 58.6 Å². The van der Waals surface area contributed by atoms with Crippen LogP contribution in [-0.4, -0.2) is 33.7 Å². The zero-order valence-electron chi connectivity index (χ0n) is 16.7. The van der Waals surface area contributed by atoms with E-state index in [-0.39, 0.29) is 18.2 Å². The molecule has 1 fully saturated rings. The molecule has 0 bridgehead atoms. The van der Waals surface area contributed by atoms with Crippen molar-refractivity contribution in [3.63, 3.8) is 0 Å². The molecule has 2 amide bonds. The summed E-state index contributed by atoms with van der Waals surface area (Å²) in [7, 11) is 0. The number of aliphatic imine (C=N–C) groups is 1. The number of amides is 2. The number of hydrogen-bond donors (Lipinski definition) is 1.